The molecule has 13 heteroatoms. The minimum atomic E-state index is -5.05. The van der Waals surface area contributed by atoms with Gasteiger partial charge in [0.1, 0.15) is 30.5 Å². The maximum Gasteiger partial charge on any atom is 0.397 e. The second kappa shape index (κ2) is 30.3. The zero-order valence-corrected chi connectivity index (χ0v) is 31.8. The van der Waals surface area contributed by atoms with E-state index >= 15 is 0 Å². The molecule has 6 atom stereocenters. The molecule has 1 aliphatic heterocycles. The Balaban J connectivity index is 2.48. The van der Waals surface area contributed by atoms with Gasteiger partial charge in [-0.15, -0.1) is 0 Å². The number of hydrogen-bond acceptors (Lipinski definition) is 11. The molecular weight excluding hydrogens is 668 g/mol. The van der Waals surface area contributed by atoms with Crippen LogP contribution in [0, 0.1) is 0 Å². The average Bonchev–Trinajstić information content (AvgIpc) is 3.08. The Bertz CT molecular complexity index is 947. The molecular formula is C37H70O12S. The molecule has 4 N–H and O–H groups in total. The molecule has 1 heterocycles. The number of aliphatic hydroxyl groups excluding tert-OH is 3. The van der Waals surface area contributed by atoms with Crippen molar-refractivity contribution in [3.05, 3.63) is 12.2 Å². The third-order valence-corrected chi connectivity index (χ3v) is 9.35. The van der Waals surface area contributed by atoms with E-state index in [2.05, 4.69) is 30.2 Å². The Hall–Kier alpha value is -1.16. The molecule has 1 fully saturated rings. The lowest BCUT2D eigenvalue weighted by Crippen LogP contribution is -2.60. The number of esters is 1. The number of carbonyl (C=O) groups is 1. The number of carbonyl (C=O) groups excluding carboxylic acids is 1. The summed E-state index contributed by atoms with van der Waals surface area (Å²) in [5, 5.41) is 30.5. The first-order valence-electron chi connectivity index (χ1n) is 19.4. The van der Waals surface area contributed by atoms with Crippen molar-refractivity contribution in [3.8, 4) is 0 Å². The second-order valence-electron chi connectivity index (χ2n) is 13.5. The molecule has 0 aliphatic carbocycles. The monoisotopic (exact) mass is 738 g/mol. The zero-order valence-electron chi connectivity index (χ0n) is 31.0. The number of hydrogen-bond donors (Lipinski definition) is 4. The van der Waals surface area contributed by atoms with Crippen molar-refractivity contribution in [2.75, 3.05) is 26.4 Å². The van der Waals surface area contributed by atoms with Crippen LogP contribution in [0.1, 0.15) is 155 Å². The summed E-state index contributed by atoms with van der Waals surface area (Å²) in [5.74, 6) is -0.409. The first-order chi connectivity index (χ1) is 24.1. The summed E-state index contributed by atoms with van der Waals surface area (Å²) in [6, 6.07) is 0. The Kier molecular flexibility index (Phi) is 28.4. The van der Waals surface area contributed by atoms with E-state index in [0.29, 0.717) is 13.0 Å². The molecule has 0 aromatic heterocycles. The van der Waals surface area contributed by atoms with Gasteiger partial charge in [-0.1, -0.05) is 122 Å². The van der Waals surface area contributed by atoms with Gasteiger partial charge in [0, 0.05) is 13.0 Å². The molecule has 0 amide bonds. The van der Waals surface area contributed by atoms with Gasteiger partial charge in [-0.05, 0) is 38.5 Å². The fraction of sp³-hybridized carbons (Fsp3) is 0.919. The highest BCUT2D eigenvalue weighted by Gasteiger charge is 2.48. The highest BCUT2D eigenvalue weighted by Crippen LogP contribution is 2.26. The number of ether oxygens (including phenoxy) is 4. The van der Waals surface area contributed by atoms with E-state index in [-0.39, 0.29) is 19.6 Å². The molecule has 12 nitrogen and oxygen atoms in total. The van der Waals surface area contributed by atoms with Crippen LogP contribution in [0.5, 0.6) is 0 Å². The van der Waals surface area contributed by atoms with Crippen molar-refractivity contribution < 1.29 is 56.2 Å². The smallest absolute Gasteiger partial charge is 0.397 e. The molecule has 0 aromatic carbocycles. The van der Waals surface area contributed by atoms with Gasteiger partial charge >= 0.3 is 16.4 Å². The Morgan fingerprint density at radius 3 is 1.80 bits per heavy atom. The van der Waals surface area contributed by atoms with Crippen molar-refractivity contribution in [2.45, 2.75) is 192 Å². The summed E-state index contributed by atoms with van der Waals surface area (Å²) in [7, 11) is -5.05. The molecule has 1 saturated heterocycles. The second-order valence-corrected chi connectivity index (χ2v) is 14.6. The van der Waals surface area contributed by atoms with E-state index in [1.807, 2.05) is 0 Å². The van der Waals surface area contributed by atoms with Gasteiger partial charge < -0.3 is 34.3 Å². The molecule has 1 rings (SSSR count). The molecule has 6 unspecified atom stereocenters. The van der Waals surface area contributed by atoms with Gasteiger partial charge in [0.05, 0.1) is 19.8 Å². The van der Waals surface area contributed by atoms with Crippen molar-refractivity contribution in [2.24, 2.45) is 0 Å². The fourth-order valence-corrected chi connectivity index (χ4v) is 6.41. The van der Waals surface area contributed by atoms with Gasteiger partial charge in [0.25, 0.3) is 0 Å². The maximum absolute atomic E-state index is 12.7. The van der Waals surface area contributed by atoms with Gasteiger partial charge in [0.2, 0.25) is 0 Å². The summed E-state index contributed by atoms with van der Waals surface area (Å²) in [5.41, 5.74) is 0. The molecule has 0 radical (unpaired) electrons. The van der Waals surface area contributed by atoms with Gasteiger partial charge in [-0.3, -0.25) is 9.35 Å². The third kappa shape index (κ3) is 24.2. The predicted molar refractivity (Wildman–Crippen MR) is 193 cm³/mol. The molecule has 50 heavy (non-hydrogen) atoms. The number of unbranched alkanes of at least 4 members (excludes halogenated alkanes) is 18. The number of aliphatic hydroxyl groups is 3. The summed E-state index contributed by atoms with van der Waals surface area (Å²) < 4.78 is 58.6. The molecule has 0 aromatic rings. The Morgan fingerprint density at radius 1 is 0.740 bits per heavy atom. The lowest BCUT2D eigenvalue weighted by Gasteiger charge is -2.41. The van der Waals surface area contributed by atoms with Crippen LogP contribution in [0.25, 0.3) is 0 Å². The minimum Gasteiger partial charge on any atom is -0.457 e. The summed E-state index contributed by atoms with van der Waals surface area (Å²) in [6.45, 7) is 3.93. The standard InChI is InChI=1S/C37H70O12S/c1-3-5-7-9-11-13-14-15-16-17-18-19-20-22-24-26-33(39)47-31(29-45-27-25-23-21-12-10-8-6-4-2)30-46-37-35(41)36(49-50(42,43)44)34(40)32(28-38)48-37/h15-16,31-32,34-38,40-41H,3-14,17-30H2,1-2H3,(H,42,43,44)/b16-15-. The predicted octanol–water partition coefficient (Wildman–Crippen LogP) is 6.74. The van der Waals surface area contributed by atoms with Crippen molar-refractivity contribution >= 4 is 16.4 Å². The first kappa shape index (κ1) is 46.9. The normalized spacial score (nSPS) is 21.9. The molecule has 0 bridgehead atoms. The van der Waals surface area contributed by atoms with Crippen LogP contribution in [-0.2, 0) is 38.3 Å². The van der Waals surface area contributed by atoms with Crippen molar-refractivity contribution in [3.63, 3.8) is 0 Å². The van der Waals surface area contributed by atoms with Gasteiger partial charge in [-0.2, -0.15) is 8.42 Å². The fourth-order valence-electron chi connectivity index (χ4n) is 5.90. The zero-order chi connectivity index (χ0) is 36.9. The Morgan fingerprint density at radius 2 is 1.26 bits per heavy atom. The van der Waals surface area contributed by atoms with Crippen LogP contribution in [-0.4, -0.2) is 97.5 Å². The molecule has 296 valence electrons. The SMILES string of the molecule is CCCCCCCC/C=C\CCCCCCCC(=O)OC(COCCCCCCCCCC)COC1OC(CO)C(O)C(OS(=O)(=O)O)C1O. The number of rotatable bonds is 33. The highest BCUT2D eigenvalue weighted by molar-refractivity contribution is 7.80. The third-order valence-electron chi connectivity index (χ3n) is 8.89. The van der Waals surface area contributed by atoms with E-state index in [1.165, 1.54) is 70.6 Å². The quantitative estimate of drug-likeness (QED) is 0.0242. The van der Waals surface area contributed by atoms with Crippen LogP contribution in [0.15, 0.2) is 12.2 Å². The van der Waals surface area contributed by atoms with Gasteiger partial charge in [0.15, 0.2) is 6.29 Å². The van der Waals surface area contributed by atoms with Crippen LogP contribution in [0.4, 0.5) is 0 Å². The molecule has 1 aliphatic rings. The largest absolute Gasteiger partial charge is 0.457 e. The van der Waals surface area contributed by atoms with E-state index < -0.39 is 59.8 Å². The van der Waals surface area contributed by atoms with Gasteiger partial charge in [-0.25, -0.2) is 4.18 Å². The lowest BCUT2D eigenvalue weighted by atomic mass is 9.99. The van der Waals surface area contributed by atoms with E-state index in [4.69, 9.17) is 23.5 Å². The van der Waals surface area contributed by atoms with Crippen LogP contribution < -0.4 is 0 Å². The summed E-state index contributed by atoms with van der Waals surface area (Å²) in [6.07, 6.45) is 19.8. The van der Waals surface area contributed by atoms with E-state index in [9.17, 15) is 28.5 Å². The summed E-state index contributed by atoms with van der Waals surface area (Å²) in [4.78, 5) is 12.7. The average molecular weight is 739 g/mol. The molecule has 0 spiro atoms. The van der Waals surface area contributed by atoms with Crippen molar-refractivity contribution in [1.29, 1.82) is 0 Å². The topological polar surface area (TPSA) is 178 Å². The highest BCUT2D eigenvalue weighted by atomic mass is 32.3. The number of allylic oxidation sites excluding steroid dienone is 2. The lowest BCUT2D eigenvalue weighted by molar-refractivity contribution is -0.301. The van der Waals surface area contributed by atoms with E-state index in [0.717, 1.165) is 57.8 Å². The maximum atomic E-state index is 12.7. The first-order valence-corrected chi connectivity index (χ1v) is 20.8. The Labute approximate surface area is 302 Å². The van der Waals surface area contributed by atoms with Crippen LogP contribution in [0.2, 0.25) is 0 Å². The minimum absolute atomic E-state index is 0.0361. The van der Waals surface area contributed by atoms with Crippen molar-refractivity contribution in [1.82, 2.24) is 0 Å². The molecule has 0 saturated carbocycles. The van der Waals surface area contributed by atoms with E-state index in [1.54, 1.807) is 0 Å². The van der Waals surface area contributed by atoms with Crippen LogP contribution >= 0.6 is 0 Å². The summed E-state index contributed by atoms with van der Waals surface area (Å²) >= 11 is 0. The van der Waals surface area contributed by atoms with Crippen LogP contribution in [0.3, 0.4) is 0 Å².